The number of nitrogens with zero attached hydrogens (tertiary/aromatic N) is 1. The highest BCUT2D eigenvalue weighted by atomic mass is 16.3. The van der Waals surface area contributed by atoms with Crippen molar-refractivity contribution in [2.75, 3.05) is 26.2 Å². The van der Waals surface area contributed by atoms with Crippen LogP contribution < -0.4 is 5.32 Å². The lowest BCUT2D eigenvalue weighted by Gasteiger charge is -2.33. The number of aliphatic hydroxyl groups is 2. The molecule has 0 aromatic heterocycles. The minimum absolute atomic E-state index is 0.205. The standard InChI is InChI=1S/C9H20N2O2/c1-8(13)11-5-2-9(3-6-11)10-4-7-12/h8-10,12-13H,2-7H2,1H3. The van der Waals surface area contributed by atoms with Crippen LogP contribution in [0.4, 0.5) is 0 Å². The van der Waals surface area contributed by atoms with Crippen LogP contribution in [0.25, 0.3) is 0 Å². The van der Waals surface area contributed by atoms with E-state index in [0.717, 1.165) is 25.9 Å². The van der Waals surface area contributed by atoms with Crippen LogP contribution in [0.3, 0.4) is 0 Å². The molecule has 1 unspecified atom stereocenters. The summed E-state index contributed by atoms with van der Waals surface area (Å²) in [5.41, 5.74) is 0. The van der Waals surface area contributed by atoms with Crippen molar-refractivity contribution in [1.29, 1.82) is 0 Å². The van der Waals surface area contributed by atoms with Gasteiger partial charge >= 0.3 is 0 Å². The van der Waals surface area contributed by atoms with E-state index in [0.29, 0.717) is 12.6 Å². The lowest BCUT2D eigenvalue weighted by atomic mass is 10.1. The first-order valence-corrected chi connectivity index (χ1v) is 5.00. The van der Waals surface area contributed by atoms with Gasteiger partial charge in [0.2, 0.25) is 0 Å². The molecule has 0 amide bonds. The summed E-state index contributed by atoms with van der Waals surface area (Å²) in [4.78, 5) is 2.07. The fraction of sp³-hybridized carbons (Fsp3) is 1.00. The molecule has 0 bridgehead atoms. The van der Waals surface area contributed by atoms with E-state index in [4.69, 9.17) is 5.11 Å². The molecule has 3 N–H and O–H groups in total. The van der Waals surface area contributed by atoms with Crippen LogP contribution in [0.5, 0.6) is 0 Å². The highest BCUT2D eigenvalue weighted by molar-refractivity contribution is 4.77. The van der Waals surface area contributed by atoms with Gasteiger partial charge in [0.05, 0.1) is 6.61 Å². The van der Waals surface area contributed by atoms with E-state index in [2.05, 4.69) is 10.2 Å². The minimum Gasteiger partial charge on any atom is -0.395 e. The Kier molecular flexibility index (Phi) is 4.66. The van der Waals surface area contributed by atoms with Crippen LogP contribution in [-0.2, 0) is 0 Å². The number of rotatable bonds is 4. The van der Waals surface area contributed by atoms with Crippen molar-refractivity contribution in [3.63, 3.8) is 0 Å². The van der Waals surface area contributed by atoms with E-state index in [1.807, 2.05) is 6.92 Å². The summed E-state index contributed by atoms with van der Waals surface area (Å²) < 4.78 is 0. The van der Waals surface area contributed by atoms with Gasteiger partial charge in [-0.3, -0.25) is 4.90 Å². The van der Waals surface area contributed by atoms with E-state index in [-0.39, 0.29) is 12.8 Å². The van der Waals surface area contributed by atoms with Gasteiger partial charge in [-0.05, 0) is 19.8 Å². The predicted molar refractivity (Wildman–Crippen MR) is 51.4 cm³/mol. The molecule has 78 valence electrons. The lowest BCUT2D eigenvalue weighted by Crippen LogP contribution is -2.46. The summed E-state index contributed by atoms with van der Waals surface area (Å²) >= 11 is 0. The predicted octanol–water partition coefficient (Wildman–Crippen LogP) is -0.629. The Morgan fingerprint density at radius 1 is 1.46 bits per heavy atom. The second kappa shape index (κ2) is 5.54. The number of likely N-dealkylation sites (tertiary alicyclic amines) is 1. The fourth-order valence-corrected chi connectivity index (χ4v) is 1.75. The van der Waals surface area contributed by atoms with Crippen LogP contribution in [0.2, 0.25) is 0 Å². The first-order valence-electron chi connectivity index (χ1n) is 5.00. The van der Waals surface area contributed by atoms with Crippen molar-refractivity contribution in [3.05, 3.63) is 0 Å². The zero-order valence-electron chi connectivity index (χ0n) is 8.24. The second-order valence-electron chi connectivity index (χ2n) is 3.62. The quantitative estimate of drug-likeness (QED) is 0.550. The van der Waals surface area contributed by atoms with Crippen molar-refractivity contribution in [2.45, 2.75) is 32.0 Å². The topological polar surface area (TPSA) is 55.7 Å². The fourth-order valence-electron chi connectivity index (χ4n) is 1.75. The third-order valence-corrected chi connectivity index (χ3v) is 2.60. The maximum Gasteiger partial charge on any atom is 0.104 e. The molecule has 0 saturated carbocycles. The van der Waals surface area contributed by atoms with Gasteiger partial charge < -0.3 is 15.5 Å². The molecule has 0 aliphatic carbocycles. The van der Waals surface area contributed by atoms with E-state index >= 15 is 0 Å². The smallest absolute Gasteiger partial charge is 0.104 e. The van der Waals surface area contributed by atoms with Crippen molar-refractivity contribution in [1.82, 2.24) is 10.2 Å². The van der Waals surface area contributed by atoms with Gasteiger partial charge in [0.1, 0.15) is 6.23 Å². The molecule has 1 saturated heterocycles. The zero-order valence-corrected chi connectivity index (χ0v) is 8.24. The summed E-state index contributed by atoms with van der Waals surface area (Å²) in [5.74, 6) is 0. The molecule has 0 spiro atoms. The first kappa shape index (κ1) is 10.9. The molecule has 0 radical (unpaired) electrons. The molecule has 4 heteroatoms. The summed E-state index contributed by atoms with van der Waals surface area (Å²) in [6, 6.07) is 0.516. The Bertz CT molecular complexity index is 134. The first-order chi connectivity index (χ1) is 6.24. The molecule has 1 fully saturated rings. The molecule has 1 heterocycles. The van der Waals surface area contributed by atoms with E-state index in [9.17, 15) is 5.11 Å². The van der Waals surface area contributed by atoms with E-state index in [1.54, 1.807) is 0 Å². The molecular formula is C9H20N2O2. The number of hydrogen-bond donors (Lipinski definition) is 3. The SMILES string of the molecule is CC(O)N1CCC(NCCO)CC1. The molecule has 1 aliphatic heterocycles. The Balaban J connectivity index is 2.15. The zero-order chi connectivity index (χ0) is 9.68. The minimum atomic E-state index is -0.321. The molecular weight excluding hydrogens is 168 g/mol. The van der Waals surface area contributed by atoms with Crippen LogP contribution in [0, 0.1) is 0 Å². The molecule has 1 aliphatic rings. The van der Waals surface area contributed by atoms with Gasteiger partial charge in [-0.1, -0.05) is 0 Å². The van der Waals surface area contributed by atoms with Crippen LogP contribution >= 0.6 is 0 Å². The average molecular weight is 188 g/mol. The van der Waals surface area contributed by atoms with Crippen molar-refractivity contribution in [3.8, 4) is 0 Å². The van der Waals surface area contributed by atoms with Gasteiger partial charge in [0.15, 0.2) is 0 Å². The number of hydrogen-bond acceptors (Lipinski definition) is 4. The van der Waals surface area contributed by atoms with Crippen LogP contribution in [-0.4, -0.2) is 53.6 Å². The normalized spacial score (nSPS) is 23.3. The molecule has 13 heavy (non-hydrogen) atoms. The van der Waals surface area contributed by atoms with Gasteiger partial charge in [-0.25, -0.2) is 0 Å². The highest BCUT2D eigenvalue weighted by Gasteiger charge is 2.20. The van der Waals surface area contributed by atoms with E-state index in [1.165, 1.54) is 0 Å². The summed E-state index contributed by atoms with van der Waals surface area (Å²) in [6.45, 7) is 4.58. The lowest BCUT2D eigenvalue weighted by molar-refractivity contribution is 0.000876. The van der Waals surface area contributed by atoms with Gasteiger partial charge in [0.25, 0.3) is 0 Å². The molecule has 1 rings (SSSR count). The van der Waals surface area contributed by atoms with Crippen LogP contribution in [0.15, 0.2) is 0 Å². The summed E-state index contributed by atoms with van der Waals surface area (Å²) in [6.07, 6.45) is 1.80. The monoisotopic (exact) mass is 188 g/mol. The summed E-state index contributed by atoms with van der Waals surface area (Å²) in [5, 5.41) is 21.2. The van der Waals surface area contributed by atoms with E-state index < -0.39 is 0 Å². The third kappa shape index (κ3) is 3.60. The molecule has 0 aromatic rings. The molecule has 0 aromatic carbocycles. The van der Waals surface area contributed by atoms with Gasteiger partial charge in [-0.15, -0.1) is 0 Å². The van der Waals surface area contributed by atoms with Gasteiger partial charge in [0, 0.05) is 25.7 Å². The van der Waals surface area contributed by atoms with Crippen molar-refractivity contribution >= 4 is 0 Å². The largest absolute Gasteiger partial charge is 0.395 e. The molecule has 1 atom stereocenters. The molecule has 4 nitrogen and oxygen atoms in total. The van der Waals surface area contributed by atoms with Crippen molar-refractivity contribution in [2.24, 2.45) is 0 Å². The number of aliphatic hydroxyl groups excluding tert-OH is 2. The summed E-state index contributed by atoms with van der Waals surface area (Å²) in [7, 11) is 0. The van der Waals surface area contributed by atoms with Crippen molar-refractivity contribution < 1.29 is 10.2 Å². The van der Waals surface area contributed by atoms with Crippen LogP contribution in [0.1, 0.15) is 19.8 Å². The second-order valence-corrected chi connectivity index (χ2v) is 3.62. The van der Waals surface area contributed by atoms with Gasteiger partial charge in [-0.2, -0.15) is 0 Å². The Hall–Kier alpha value is -0.160. The maximum absolute atomic E-state index is 9.30. The highest BCUT2D eigenvalue weighted by Crippen LogP contribution is 2.11. The average Bonchev–Trinajstić information content (AvgIpc) is 2.15. The third-order valence-electron chi connectivity index (χ3n) is 2.60. The number of nitrogens with one attached hydrogen (secondary N) is 1. The Morgan fingerprint density at radius 2 is 2.08 bits per heavy atom. The number of piperidine rings is 1. The Morgan fingerprint density at radius 3 is 2.54 bits per heavy atom. The maximum atomic E-state index is 9.30. The Labute approximate surface area is 79.6 Å².